The van der Waals surface area contributed by atoms with Gasteiger partial charge in [0.25, 0.3) is 0 Å². The van der Waals surface area contributed by atoms with Crippen LogP contribution in [-0.2, 0) is 19.3 Å². The van der Waals surface area contributed by atoms with Crippen molar-refractivity contribution >= 4 is 0 Å². The van der Waals surface area contributed by atoms with E-state index in [1.54, 1.807) is 13.2 Å². The molecule has 1 fully saturated rings. The lowest BCUT2D eigenvalue weighted by Gasteiger charge is -2.38. The fourth-order valence-electron chi connectivity index (χ4n) is 8.78. The van der Waals surface area contributed by atoms with Crippen LogP contribution in [0.15, 0.2) is 36.4 Å². The summed E-state index contributed by atoms with van der Waals surface area (Å²) in [6.45, 7) is 9.01. The molecule has 3 aliphatic rings. The van der Waals surface area contributed by atoms with Crippen molar-refractivity contribution in [3.8, 4) is 39.9 Å². The van der Waals surface area contributed by atoms with Crippen molar-refractivity contribution < 1.29 is 29.5 Å². The van der Waals surface area contributed by atoms with Crippen molar-refractivity contribution in [1.82, 2.24) is 0 Å². The Morgan fingerprint density at radius 3 is 2.40 bits per heavy atom. The van der Waals surface area contributed by atoms with Crippen LogP contribution < -0.4 is 14.2 Å². The van der Waals surface area contributed by atoms with Crippen LogP contribution in [-0.4, -0.2) is 34.6 Å². The summed E-state index contributed by atoms with van der Waals surface area (Å²) in [5, 5.41) is 33.6. The Morgan fingerprint density at radius 1 is 0.880 bits per heavy atom. The van der Waals surface area contributed by atoms with Gasteiger partial charge in [-0.2, -0.15) is 0 Å². The van der Waals surface area contributed by atoms with Gasteiger partial charge in [-0.15, -0.1) is 0 Å². The van der Waals surface area contributed by atoms with Gasteiger partial charge in [0.2, 0.25) is 0 Å². The number of aliphatic hydroxyl groups is 1. The number of aliphatic hydroxyl groups excluding tert-OH is 1. The Morgan fingerprint density at radius 2 is 1.66 bits per heavy atom. The van der Waals surface area contributed by atoms with E-state index >= 15 is 0 Å². The number of benzene rings is 3. The number of methoxy groups -OCH3 is 1. The van der Waals surface area contributed by atoms with Gasteiger partial charge >= 0.3 is 0 Å². The first-order valence-corrected chi connectivity index (χ1v) is 19.6. The van der Waals surface area contributed by atoms with Crippen LogP contribution in [0, 0.1) is 11.8 Å². The van der Waals surface area contributed by atoms with Crippen LogP contribution in [0.5, 0.6) is 28.7 Å². The maximum Gasteiger partial charge on any atom is 0.161 e. The van der Waals surface area contributed by atoms with Gasteiger partial charge in [-0.3, -0.25) is 0 Å². The fourth-order valence-corrected chi connectivity index (χ4v) is 8.78. The third-order valence-corrected chi connectivity index (χ3v) is 11.4. The van der Waals surface area contributed by atoms with Gasteiger partial charge in [0.1, 0.15) is 23.4 Å². The van der Waals surface area contributed by atoms with E-state index in [0.29, 0.717) is 29.8 Å². The molecule has 272 valence electrons. The third kappa shape index (κ3) is 8.06. The fraction of sp³-hybridized carbons (Fsp3) is 0.591. The summed E-state index contributed by atoms with van der Waals surface area (Å²) in [6, 6.07) is 11.5. The highest BCUT2D eigenvalue weighted by atomic mass is 16.5. The molecule has 3 N–H and O–H groups in total. The van der Waals surface area contributed by atoms with E-state index in [1.807, 2.05) is 24.3 Å². The molecule has 1 heterocycles. The van der Waals surface area contributed by atoms with Crippen molar-refractivity contribution in [1.29, 1.82) is 0 Å². The Bertz CT molecular complexity index is 1600. The van der Waals surface area contributed by atoms with Crippen molar-refractivity contribution in [2.75, 3.05) is 7.11 Å². The number of unbranched alkanes of at least 4 members (excludes halogenated alkanes) is 2. The van der Waals surface area contributed by atoms with Crippen LogP contribution in [0.25, 0.3) is 11.1 Å². The molecular formula is C44H60O6. The number of rotatable bonds is 14. The second-order valence-corrected chi connectivity index (χ2v) is 15.9. The molecule has 1 aliphatic heterocycles. The zero-order valence-electron chi connectivity index (χ0n) is 31.1. The van der Waals surface area contributed by atoms with Crippen LogP contribution in [0.3, 0.4) is 0 Å². The van der Waals surface area contributed by atoms with E-state index in [0.717, 1.165) is 96.2 Å². The molecule has 3 aromatic rings. The highest BCUT2D eigenvalue weighted by molar-refractivity contribution is 5.83. The Labute approximate surface area is 300 Å². The van der Waals surface area contributed by atoms with Crippen molar-refractivity contribution in [2.24, 2.45) is 11.8 Å². The predicted octanol–water partition coefficient (Wildman–Crippen LogP) is 10.7. The summed E-state index contributed by atoms with van der Waals surface area (Å²) >= 11 is 0. The summed E-state index contributed by atoms with van der Waals surface area (Å²) in [4.78, 5) is 0. The van der Waals surface area contributed by atoms with Gasteiger partial charge in [-0.25, -0.2) is 0 Å². The number of hydrogen-bond acceptors (Lipinski definition) is 6. The number of aromatic hydroxyl groups is 2. The monoisotopic (exact) mass is 684 g/mol. The summed E-state index contributed by atoms with van der Waals surface area (Å²) in [6.07, 6.45) is 14.8. The molecule has 0 amide bonds. The van der Waals surface area contributed by atoms with Gasteiger partial charge in [-0.05, 0) is 115 Å². The van der Waals surface area contributed by atoms with E-state index in [1.165, 1.54) is 44.1 Å². The van der Waals surface area contributed by atoms with Gasteiger partial charge in [-0.1, -0.05) is 78.7 Å². The molecular weight excluding hydrogens is 624 g/mol. The minimum Gasteiger partial charge on any atom is -0.508 e. The van der Waals surface area contributed by atoms with Crippen LogP contribution in [0.2, 0.25) is 0 Å². The molecule has 6 rings (SSSR count). The summed E-state index contributed by atoms with van der Waals surface area (Å²) in [7, 11) is 1.72. The highest BCUT2D eigenvalue weighted by Gasteiger charge is 2.38. The van der Waals surface area contributed by atoms with Crippen LogP contribution in [0.4, 0.5) is 0 Å². The normalized spacial score (nSPS) is 20.8. The lowest BCUT2D eigenvalue weighted by atomic mass is 9.72. The molecule has 0 radical (unpaired) electrons. The lowest BCUT2D eigenvalue weighted by molar-refractivity contribution is 0.0199. The number of ether oxygens (including phenoxy) is 3. The number of phenolic OH excluding ortho intramolecular Hbond substituents is 2. The third-order valence-electron chi connectivity index (χ3n) is 11.4. The van der Waals surface area contributed by atoms with Gasteiger partial charge in [0.15, 0.2) is 11.5 Å². The molecule has 6 nitrogen and oxygen atoms in total. The molecule has 3 aromatic carbocycles. The maximum atomic E-state index is 11.8. The number of phenols is 2. The van der Waals surface area contributed by atoms with Crippen molar-refractivity contribution in [3.63, 3.8) is 0 Å². The minimum atomic E-state index is -0.774. The maximum absolute atomic E-state index is 11.8. The average molecular weight is 685 g/mol. The SMILES string of the molecule is CCCCC[C@H](C)CCC[C@H]1Cc2cc(O)c(CC(C)C)cc2-c2c(OC)cc3c(c21)C[C@@H](O)[C@H](c1ccc(O)c(OC2CCCCC2)c1)O3. The minimum absolute atomic E-state index is 0.0979. The topological polar surface area (TPSA) is 88.4 Å². The summed E-state index contributed by atoms with van der Waals surface area (Å²) in [5.41, 5.74) is 7.40. The zero-order chi connectivity index (χ0) is 35.4. The first-order valence-electron chi connectivity index (χ1n) is 19.6. The Hall–Kier alpha value is -3.38. The molecule has 6 heteroatoms. The smallest absolute Gasteiger partial charge is 0.161 e. The molecule has 2 aliphatic carbocycles. The largest absolute Gasteiger partial charge is 0.508 e. The van der Waals surface area contributed by atoms with E-state index in [4.69, 9.17) is 14.2 Å². The number of fused-ring (bicyclic) bond motifs is 5. The van der Waals surface area contributed by atoms with Crippen molar-refractivity contribution in [3.05, 3.63) is 64.2 Å². The first-order chi connectivity index (χ1) is 24.2. The molecule has 4 atom stereocenters. The molecule has 0 unspecified atom stereocenters. The molecule has 50 heavy (non-hydrogen) atoms. The van der Waals surface area contributed by atoms with Crippen LogP contribution >= 0.6 is 0 Å². The van der Waals surface area contributed by atoms with E-state index in [2.05, 4.69) is 33.8 Å². The van der Waals surface area contributed by atoms with E-state index in [-0.39, 0.29) is 17.8 Å². The summed E-state index contributed by atoms with van der Waals surface area (Å²) < 4.78 is 19.2. The molecule has 0 bridgehead atoms. The van der Waals surface area contributed by atoms with Crippen LogP contribution in [0.1, 0.15) is 145 Å². The van der Waals surface area contributed by atoms with Crippen molar-refractivity contribution in [2.45, 2.75) is 148 Å². The number of hydrogen-bond donors (Lipinski definition) is 3. The second-order valence-electron chi connectivity index (χ2n) is 15.9. The first kappa shape index (κ1) is 36.4. The van der Waals surface area contributed by atoms with Gasteiger partial charge in [0.05, 0.1) is 19.3 Å². The second kappa shape index (κ2) is 16.3. The average Bonchev–Trinajstić information content (AvgIpc) is 3.09. The van der Waals surface area contributed by atoms with E-state index < -0.39 is 12.2 Å². The predicted molar refractivity (Wildman–Crippen MR) is 201 cm³/mol. The van der Waals surface area contributed by atoms with E-state index in [9.17, 15) is 15.3 Å². The summed E-state index contributed by atoms with van der Waals surface area (Å²) in [5.74, 6) is 3.79. The van der Waals surface area contributed by atoms with Gasteiger partial charge in [0, 0.05) is 23.6 Å². The molecule has 0 saturated heterocycles. The molecule has 0 aromatic heterocycles. The standard InChI is InChI=1S/C44H60O6/c1-6-7-9-13-28(4)14-12-15-29-21-31-23-37(46)32(20-27(2)3)22-34(31)43-41(48-5)26-39-35(42(29)43)25-38(47)44(50-39)30-18-19-36(45)40(24-30)49-33-16-10-8-11-17-33/h18-19,22-24,26-29,33,38,44-47H,6-17,20-21,25H2,1-5H3/t28-,29-,38+,44-/m0/s1. The lowest BCUT2D eigenvalue weighted by Crippen LogP contribution is -2.32. The quantitative estimate of drug-likeness (QED) is 0.147. The Kier molecular flexibility index (Phi) is 11.9. The molecule has 0 spiro atoms. The zero-order valence-corrected chi connectivity index (χ0v) is 31.1. The highest BCUT2D eigenvalue weighted by Crippen LogP contribution is 2.54. The Balaban J connectivity index is 1.35. The molecule has 1 saturated carbocycles. The van der Waals surface area contributed by atoms with Gasteiger partial charge < -0.3 is 29.5 Å².